The zero-order valence-corrected chi connectivity index (χ0v) is 28.1. The van der Waals surface area contributed by atoms with E-state index >= 15 is 0 Å². The van der Waals surface area contributed by atoms with Gasteiger partial charge >= 0.3 is 12.8 Å². The molecule has 18 heteroatoms. The summed E-state index contributed by atoms with van der Waals surface area (Å²) in [5.74, 6) is -3.54. The molecule has 276 valence electrons. The van der Waals surface area contributed by atoms with Crippen molar-refractivity contribution in [1.82, 2.24) is 20.1 Å². The number of carbonyl (C=O) groups excluding carboxylic acids is 2. The lowest BCUT2D eigenvalue weighted by Gasteiger charge is -2.30. The number of rotatable bonds is 12. The number of halogens is 6. The first-order valence-electron chi connectivity index (χ1n) is 16.0. The highest BCUT2D eigenvalue weighted by Crippen LogP contribution is 2.51. The van der Waals surface area contributed by atoms with Crippen LogP contribution in [-0.2, 0) is 5.60 Å². The maximum Gasteiger partial charge on any atom is 0.586 e. The lowest BCUT2D eigenvalue weighted by atomic mass is 9.88. The first-order chi connectivity index (χ1) is 25.2. The molecule has 12 nitrogen and oxygen atoms in total. The average Bonchev–Trinajstić information content (AvgIpc) is 3.71. The van der Waals surface area contributed by atoms with Crippen LogP contribution in [0.4, 0.5) is 22.0 Å². The Morgan fingerprint density at radius 3 is 2.55 bits per heavy atom. The number of ether oxygens (including phenoxy) is 4. The van der Waals surface area contributed by atoms with Crippen molar-refractivity contribution < 1.29 is 55.6 Å². The van der Waals surface area contributed by atoms with Gasteiger partial charge in [-0.25, -0.2) is 14.1 Å². The molecule has 1 aliphatic carbocycles. The number of hydrogen-bond acceptors (Lipinski definition) is 9. The zero-order chi connectivity index (χ0) is 37.8. The van der Waals surface area contributed by atoms with E-state index in [-0.39, 0.29) is 74.5 Å². The Bertz CT molecular complexity index is 2270. The van der Waals surface area contributed by atoms with Crippen molar-refractivity contribution in [2.24, 2.45) is 5.73 Å². The SMILES string of the molecule is CCOc1c(C(N)=O)cc([C@@](O)(CNC(=O)c2cc(OC3CC3)c3nn(C(F)F)cc3c2)c2ccc(F)cc2)nc1-c1ccc2c(c1Cl)OC(F)(F)O2. The van der Waals surface area contributed by atoms with E-state index in [1.807, 2.05) is 0 Å². The van der Waals surface area contributed by atoms with E-state index in [1.165, 1.54) is 30.3 Å². The molecule has 3 heterocycles. The largest absolute Gasteiger partial charge is 0.586 e. The number of carbonyl (C=O) groups is 2. The Labute approximate surface area is 301 Å². The molecule has 0 unspecified atom stereocenters. The maximum atomic E-state index is 14.1. The number of amides is 2. The van der Waals surface area contributed by atoms with E-state index in [4.69, 9.17) is 26.8 Å². The van der Waals surface area contributed by atoms with E-state index in [2.05, 4.69) is 24.9 Å². The van der Waals surface area contributed by atoms with Crippen molar-refractivity contribution in [3.63, 3.8) is 0 Å². The molecule has 0 saturated heterocycles. The average molecular weight is 760 g/mol. The number of nitrogens with two attached hydrogens (primary N) is 1. The fourth-order valence-corrected chi connectivity index (χ4v) is 6.03. The first-order valence-corrected chi connectivity index (χ1v) is 16.4. The van der Waals surface area contributed by atoms with Crippen LogP contribution in [-0.4, -0.2) is 57.2 Å². The third kappa shape index (κ3) is 6.84. The predicted octanol–water partition coefficient (Wildman–Crippen LogP) is 6.31. The van der Waals surface area contributed by atoms with Crippen LogP contribution in [0.5, 0.6) is 23.0 Å². The summed E-state index contributed by atoms with van der Waals surface area (Å²) >= 11 is 6.53. The maximum absolute atomic E-state index is 14.1. The number of nitrogens with one attached hydrogen (secondary N) is 1. The van der Waals surface area contributed by atoms with Crippen LogP contribution in [0.1, 0.15) is 58.3 Å². The van der Waals surface area contributed by atoms with Gasteiger partial charge in [-0.05, 0) is 67.8 Å². The number of fused-ring (bicyclic) bond motifs is 2. The number of primary amides is 1. The van der Waals surface area contributed by atoms with Crippen LogP contribution in [0.2, 0.25) is 5.02 Å². The molecular formula is C35H27ClF5N5O7. The summed E-state index contributed by atoms with van der Waals surface area (Å²) in [5, 5.41) is 18.7. The van der Waals surface area contributed by atoms with Gasteiger partial charge in [-0.1, -0.05) is 23.7 Å². The van der Waals surface area contributed by atoms with Crippen molar-refractivity contribution in [3.8, 4) is 34.3 Å². The second-order valence-corrected chi connectivity index (χ2v) is 12.5. The highest BCUT2D eigenvalue weighted by Gasteiger charge is 2.45. The third-order valence-electron chi connectivity index (χ3n) is 8.41. The van der Waals surface area contributed by atoms with Crippen molar-refractivity contribution >= 4 is 34.3 Å². The Kier molecular flexibility index (Phi) is 9.02. The molecule has 0 bridgehead atoms. The van der Waals surface area contributed by atoms with E-state index in [9.17, 15) is 36.6 Å². The van der Waals surface area contributed by atoms with E-state index in [0.717, 1.165) is 43.3 Å². The van der Waals surface area contributed by atoms with Crippen molar-refractivity contribution in [2.45, 2.75) is 44.3 Å². The minimum atomic E-state index is -4.03. The van der Waals surface area contributed by atoms with Gasteiger partial charge in [0.05, 0.1) is 35.5 Å². The molecule has 4 N–H and O–H groups in total. The molecule has 3 aromatic carbocycles. The smallest absolute Gasteiger partial charge is 0.491 e. The van der Waals surface area contributed by atoms with Gasteiger partial charge in [0.2, 0.25) is 0 Å². The molecule has 7 rings (SSSR count). The van der Waals surface area contributed by atoms with Crippen LogP contribution < -0.4 is 30.0 Å². The molecule has 2 amide bonds. The van der Waals surface area contributed by atoms with Crippen LogP contribution >= 0.6 is 11.6 Å². The second kappa shape index (κ2) is 13.4. The first kappa shape index (κ1) is 35.7. The van der Waals surface area contributed by atoms with Gasteiger partial charge in [0.15, 0.2) is 17.2 Å². The zero-order valence-electron chi connectivity index (χ0n) is 27.3. The van der Waals surface area contributed by atoms with E-state index in [1.54, 1.807) is 6.92 Å². The molecule has 53 heavy (non-hydrogen) atoms. The summed E-state index contributed by atoms with van der Waals surface area (Å²) in [7, 11) is 0. The summed E-state index contributed by atoms with van der Waals surface area (Å²) in [5.41, 5.74) is 2.48. The van der Waals surface area contributed by atoms with Gasteiger partial charge in [0, 0.05) is 22.7 Å². The number of nitrogens with zero attached hydrogens (tertiary/aromatic N) is 3. The molecule has 2 aromatic heterocycles. The Balaban J connectivity index is 1.33. The number of benzene rings is 3. The topological polar surface area (TPSA) is 160 Å². The van der Waals surface area contributed by atoms with Gasteiger partial charge in [0.25, 0.3) is 11.8 Å². The van der Waals surface area contributed by atoms with Gasteiger partial charge in [-0.15, -0.1) is 8.78 Å². The monoisotopic (exact) mass is 759 g/mol. The van der Waals surface area contributed by atoms with Crippen LogP contribution in [0, 0.1) is 5.82 Å². The quantitative estimate of drug-likeness (QED) is 0.124. The molecule has 1 atom stereocenters. The van der Waals surface area contributed by atoms with Crippen molar-refractivity contribution in [2.75, 3.05) is 13.2 Å². The molecular weight excluding hydrogens is 733 g/mol. The fraction of sp³-hybridized carbons (Fsp3) is 0.257. The van der Waals surface area contributed by atoms with Crippen molar-refractivity contribution in [3.05, 3.63) is 94.0 Å². The Morgan fingerprint density at radius 2 is 1.89 bits per heavy atom. The molecule has 0 spiro atoms. The van der Waals surface area contributed by atoms with Gasteiger partial charge in [-0.3, -0.25) is 9.59 Å². The van der Waals surface area contributed by atoms with E-state index in [0.29, 0.717) is 4.68 Å². The summed E-state index contributed by atoms with van der Waals surface area (Å²) in [6, 6.07) is 10.6. The second-order valence-electron chi connectivity index (χ2n) is 12.1. The van der Waals surface area contributed by atoms with Crippen molar-refractivity contribution in [1.29, 1.82) is 0 Å². The standard InChI is InChI=1S/C35H27ClF5N5O7/c1-2-50-29-22(31(42)47)13-25(44-28(29)21-9-10-23-30(26(21)36)53-35(40,41)52-23)34(49,18-3-5-19(37)6-4-18)15-43-32(48)16-11-17-14-46(33(38)39)45-27(17)24(12-16)51-20-7-8-20/h3-6,9-14,20,33,49H,2,7-8,15H2,1H3,(H2,42,47)(H,43,48)/t34-/m1/s1. The lowest BCUT2D eigenvalue weighted by molar-refractivity contribution is -0.286. The number of aliphatic hydroxyl groups is 1. The Morgan fingerprint density at radius 1 is 1.15 bits per heavy atom. The number of alkyl halides is 4. The number of pyridine rings is 1. The normalized spacial score (nSPS) is 15.7. The molecule has 1 aliphatic heterocycles. The summed E-state index contributed by atoms with van der Waals surface area (Å²) in [6.45, 7) is -2.07. The number of aromatic nitrogens is 3. The third-order valence-corrected chi connectivity index (χ3v) is 8.79. The Hall–Kier alpha value is -5.68. The summed E-state index contributed by atoms with van der Waals surface area (Å²) in [4.78, 5) is 31.2. The minimum absolute atomic E-state index is 0.0138. The van der Waals surface area contributed by atoms with E-state index < -0.39 is 53.4 Å². The minimum Gasteiger partial charge on any atom is -0.491 e. The van der Waals surface area contributed by atoms with Crippen LogP contribution in [0.3, 0.4) is 0 Å². The fourth-order valence-electron chi connectivity index (χ4n) is 5.75. The highest BCUT2D eigenvalue weighted by atomic mass is 35.5. The molecule has 1 fully saturated rings. The van der Waals surface area contributed by atoms with Crippen LogP contribution in [0.15, 0.2) is 60.8 Å². The van der Waals surface area contributed by atoms with Crippen LogP contribution in [0.25, 0.3) is 22.2 Å². The number of hydrogen-bond donors (Lipinski definition) is 3. The molecule has 5 aromatic rings. The summed E-state index contributed by atoms with van der Waals surface area (Å²) < 4.78 is 90.2. The highest BCUT2D eigenvalue weighted by molar-refractivity contribution is 6.35. The lowest BCUT2D eigenvalue weighted by Crippen LogP contribution is -2.42. The molecule has 1 saturated carbocycles. The molecule has 0 radical (unpaired) electrons. The molecule has 2 aliphatic rings. The summed E-state index contributed by atoms with van der Waals surface area (Å²) in [6.07, 6.45) is -1.68. The predicted molar refractivity (Wildman–Crippen MR) is 177 cm³/mol. The van der Waals surface area contributed by atoms with Gasteiger partial charge < -0.3 is 35.1 Å². The van der Waals surface area contributed by atoms with Gasteiger partial charge in [0.1, 0.15) is 28.4 Å². The van der Waals surface area contributed by atoms with Gasteiger partial charge in [-0.2, -0.15) is 13.9 Å².